The first-order valence-corrected chi connectivity index (χ1v) is 11.1. The van der Waals surface area contributed by atoms with Crippen LogP contribution in [0.15, 0.2) is 95.6 Å². The van der Waals surface area contributed by atoms with Crippen molar-refractivity contribution in [1.29, 1.82) is 0 Å². The van der Waals surface area contributed by atoms with Crippen molar-refractivity contribution in [2.75, 3.05) is 0 Å². The number of carbonyl (C=O) groups excluding carboxylic acids is 1. The predicted molar refractivity (Wildman–Crippen MR) is 125 cm³/mol. The Morgan fingerprint density at radius 3 is 2.14 bits per heavy atom. The maximum atomic E-state index is 13.5. The third-order valence-electron chi connectivity index (χ3n) is 5.40. The van der Waals surface area contributed by atoms with E-state index < -0.39 is 11.7 Å². The molecule has 1 aromatic heterocycles. The molecule has 1 heterocycles. The fraction of sp³-hybridized carbons (Fsp3) is 0.185. The van der Waals surface area contributed by atoms with Crippen LogP contribution in [0, 0.1) is 0 Å². The second kappa shape index (κ2) is 11.0. The third-order valence-corrected chi connectivity index (χ3v) is 5.40. The molecule has 0 fully saturated rings. The zero-order valence-electron chi connectivity index (χ0n) is 18.8. The summed E-state index contributed by atoms with van der Waals surface area (Å²) in [6.07, 6.45) is -3.19. The number of rotatable bonds is 9. The van der Waals surface area contributed by atoms with Gasteiger partial charge in [-0.05, 0) is 22.8 Å². The number of aromatic nitrogens is 1. The molecule has 0 atom stereocenters. The van der Waals surface area contributed by atoms with Gasteiger partial charge in [0.25, 0.3) is 5.91 Å². The number of halogens is 3. The van der Waals surface area contributed by atoms with Crippen molar-refractivity contribution >= 4 is 5.91 Å². The van der Waals surface area contributed by atoms with Crippen molar-refractivity contribution in [3.8, 4) is 0 Å². The summed E-state index contributed by atoms with van der Waals surface area (Å²) < 4.78 is 46.1. The molecule has 0 saturated carbocycles. The fourth-order valence-corrected chi connectivity index (χ4v) is 3.73. The lowest BCUT2D eigenvalue weighted by Crippen LogP contribution is -2.25. The zero-order valence-corrected chi connectivity index (χ0v) is 18.8. The highest BCUT2D eigenvalue weighted by Gasteiger charge is 2.33. The van der Waals surface area contributed by atoms with Crippen LogP contribution < -0.4 is 5.32 Å². The first-order chi connectivity index (χ1) is 16.9. The Balaban J connectivity index is 1.49. The van der Waals surface area contributed by atoms with Gasteiger partial charge in [0, 0.05) is 19.6 Å². The van der Waals surface area contributed by atoms with E-state index in [2.05, 4.69) is 10.3 Å². The molecule has 4 rings (SSSR count). The van der Waals surface area contributed by atoms with Crippen LogP contribution in [-0.2, 0) is 32.4 Å². The molecular formula is C27H24F3N3O2. The first kappa shape index (κ1) is 24.2. The SMILES string of the molecule is O=C(NCc1ccccc1)c1coc(CN(Cc2ccccc2)Cc2ccccc2C(F)(F)F)n1. The smallest absolute Gasteiger partial charge is 0.416 e. The summed E-state index contributed by atoms with van der Waals surface area (Å²) in [4.78, 5) is 18.6. The van der Waals surface area contributed by atoms with E-state index >= 15 is 0 Å². The molecule has 8 heteroatoms. The maximum absolute atomic E-state index is 13.5. The van der Waals surface area contributed by atoms with Crippen molar-refractivity contribution in [1.82, 2.24) is 15.2 Å². The molecule has 0 aliphatic heterocycles. The van der Waals surface area contributed by atoms with Gasteiger partial charge in [0.15, 0.2) is 5.69 Å². The van der Waals surface area contributed by atoms with Gasteiger partial charge >= 0.3 is 6.18 Å². The summed E-state index contributed by atoms with van der Waals surface area (Å²) in [5, 5.41) is 2.79. The maximum Gasteiger partial charge on any atom is 0.416 e. The minimum Gasteiger partial charge on any atom is -0.447 e. The fourth-order valence-electron chi connectivity index (χ4n) is 3.73. The summed E-state index contributed by atoms with van der Waals surface area (Å²) in [7, 11) is 0. The largest absolute Gasteiger partial charge is 0.447 e. The lowest BCUT2D eigenvalue weighted by atomic mass is 10.1. The molecule has 0 saturated heterocycles. The Labute approximate surface area is 201 Å². The van der Waals surface area contributed by atoms with E-state index in [-0.39, 0.29) is 36.1 Å². The summed E-state index contributed by atoms with van der Waals surface area (Å²) in [5.74, 6) is -0.142. The van der Waals surface area contributed by atoms with Crippen LogP contribution in [0.2, 0.25) is 0 Å². The van der Waals surface area contributed by atoms with E-state index in [0.717, 1.165) is 17.2 Å². The second-order valence-corrected chi connectivity index (χ2v) is 8.08. The number of hydrogen-bond donors (Lipinski definition) is 1. The number of amides is 1. The third kappa shape index (κ3) is 6.80. The van der Waals surface area contributed by atoms with Crippen molar-refractivity contribution in [2.24, 2.45) is 0 Å². The molecular weight excluding hydrogens is 455 g/mol. The van der Waals surface area contributed by atoms with Crippen LogP contribution in [0.1, 0.15) is 38.6 Å². The van der Waals surface area contributed by atoms with E-state index in [0.29, 0.717) is 13.1 Å². The molecule has 0 spiro atoms. The quantitative estimate of drug-likeness (QED) is 0.328. The normalized spacial score (nSPS) is 11.5. The van der Waals surface area contributed by atoms with Crippen molar-refractivity contribution in [2.45, 2.75) is 32.4 Å². The van der Waals surface area contributed by atoms with E-state index in [1.54, 1.807) is 11.0 Å². The summed E-state index contributed by atoms with van der Waals surface area (Å²) in [6, 6.07) is 24.4. The van der Waals surface area contributed by atoms with E-state index in [9.17, 15) is 18.0 Å². The number of alkyl halides is 3. The lowest BCUT2D eigenvalue weighted by molar-refractivity contribution is -0.138. The van der Waals surface area contributed by atoms with Gasteiger partial charge in [-0.1, -0.05) is 78.9 Å². The van der Waals surface area contributed by atoms with Gasteiger partial charge < -0.3 is 9.73 Å². The predicted octanol–water partition coefficient (Wildman–Crippen LogP) is 5.83. The van der Waals surface area contributed by atoms with Crippen LogP contribution >= 0.6 is 0 Å². The van der Waals surface area contributed by atoms with Gasteiger partial charge in [0.2, 0.25) is 5.89 Å². The Morgan fingerprint density at radius 1 is 0.829 bits per heavy atom. The topological polar surface area (TPSA) is 58.4 Å². The van der Waals surface area contributed by atoms with Gasteiger partial charge in [-0.25, -0.2) is 4.98 Å². The molecule has 35 heavy (non-hydrogen) atoms. The van der Waals surface area contributed by atoms with E-state index in [1.165, 1.54) is 18.4 Å². The average Bonchev–Trinajstić information content (AvgIpc) is 3.32. The number of hydrogen-bond acceptors (Lipinski definition) is 4. The molecule has 0 aliphatic carbocycles. The van der Waals surface area contributed by atoms with Crippen molar-refractivity contribution in [3.63, 3.8) is 0 Å². The molecule has 1 amide bonds. The molecule has 1 N–H and O–H groups in total. The minimum absolute atomic E-state index is 0.0303. The van der Waals surface area contributed by atoms with E-state index in [4.69, 9.17) is 4.42 Å². The van der Waals surface area contributed by atoms with Crippen LogP contribution in [0.4, 0.5) is 13.2 Å². The Bertz CT molecular complexity index is 1240. The van der Waals surface area contributed by atoms with Gasteiger partial charge in [0.05, 0.1) is 12.1 Å². The molecule has 0 bridgehead atoms. The first-order valence-electron chi connectivity index (χ1n) is 11.1. The Hall–Kier alpha value is -3.91. The lowest BCUT2D eigenvalue weighted by Gasteiger charge is -2.23. The standard InChI is InChI=1S/C27H24F3N3O2/c28-27(29,30)23-14-8-7-13-22(23)17-33(16-21-11-5-2-6-12-21)18-25-32-24(19-35-25)26(34)31-15-20-9-3-1-4-10-20/h1-14,19H,15-18H2,(H,31,34). The van der Waals surface area contributed by atoms with E-state index in [1.807, 2.05) is 60.7 Å². The number of benzene rings is 3. The summed E-state index contributed by atoms with van der Waals surface area (Å²) in [5.41, 5.74) is 1.48. The molecule has 0 radical (unpaired) electrons. The van der Waals surface area contributed by atoms with Gasteiger partial charge in [-0.2, -0.15) is 13.2 Å². The molecule has 0 aliphatic rings. The number of nitrogens with one attached hydrogen (secondary N) is 1. The molecule has 3 aromatic carbocycles. The number of carbonyl (C=O) groups is 1. The highest BCUT2D eigenvalue weighted by Crippen LogP contribution is 2.32. The van der Waals surface area contributed by atoms with Crippen LogP contribution in [0.3, 0.4) is 0 Å². The second-order valence-electron chi connectivity index (χ2n) is 8.08. The number of nitrogens with zero attached hydrogens (tertiary/aromatic N) is 2. The highest BCUT2D eigenvalue weighted by molar-refractivity contribution is 5.91. The van der Waals surface area contributed by atoms with Gasteiger partial charge in [-0.15, -0.1) is 0 Å². The molecule has 5 nitrogen and oxygen atoms in total. The minimum atomic E-state index is -4.46. The van der Waals surface area contributed by atoms with Crippen molar-refractivity contribution < 1.29 is 22.4 Å². The molecule has 4 aromatic rings. The van der Waals surface area contributed by atoms with Crippen LogP contribution in [-0.4, -0.2) is 15.8 Å². The van der Waals surface area contributed by atoms with Gasteiger partial charge in [-0.3, -0.25) is 9.69 Å². The molecule has 0 unspecified atom stereocenters. The van der Waals surface area contributed by atoms with Crippen molar-refractivity contribution in [3.05, 3.63) is 125 Å². The summed E-state index contributed by atoms with van der Waals surface area (Å²) >= 11 is 0. The zero-order chi connectivity index (χ0) is 24.7. The van der Waals surface area contributed by atoms with Gasteiger partial charge in [0.1, 0.15) is 6.26 Å². The Morgan fingerprint density at radius 2 is 1.46 bits per heavy atom. The average molecular weight is 480 g/mol. The highest BCUT2D eigenvalue weighted by atomic mass is 19.4. The number of oxazole rings is 1. The molecule has 180 valence electrons. The summed E-state index contributed by atoms with van der Waals surface area (Å²) in [6.45, 7) is 0.886. The Kier molecular flexibility index (Phi) is 7.62. The monoisotopic (exact) mass is 479 g/mol. The van der Waals surface area contributed by atoms with Crippen LogP contribution in [0.25, 0.3) is 0 Å². The van der Waals surface area contributed by atoms with Crippen LogP contribution in [0.5, 0.6) is 0 Å².